The fourth-order valence-corrected chi connectivity index (χ4v) is 3.30. The number of allylic oxidation sites excluding steroid dienone is 2. The summed E-state index contributed by atoms with van der Waals surface area (Å²) in [6, 6.07) is 7.56. The van der Waals surface area contributed by atoms with Crippen LogP contribution in [0.25, 0.3) is 6.08 Å². The fraction of sp³-hybridized carbons (Fsp3) is 0.607. The summed E-state index contributed by atoms with van der Waals surface area (Å²) in [4.78, 5) is 10.6. The number of aliphatic hydroxyl groups excluding tert-OH is 5. The topological polar surface area (TPSA) is 164 Å². The van der Waals surface area contributed by atoms with Gasteiger partial charge in [-0.1, -0.05) is 94.0 Å². The van der Waals surface area contributed by atoms with Crippen LogP contribution in [-0.4, -0.2) is 68.1 Å². The normalized spacial score (nSPS) is 13.5. The van der Waals surface area contributed by atoms with Crippen molar-refractivity contribution in [3.8, 4) is 0 Å². The number of carboxylic acids is 1. The van der Waals surface area contributed by atoms with Gasteiger partial charge in [0.25, 0.3) is 0 Å². The molecule has 0 radical (unpaired) electrons. The van der Waals surface area contributed by atoms with Gasteiger partial charge in [0.1, 0.15) is 0 Å². The van der Waals surface area contributed by atoms with Crippen LogP contribution in [0.1, 0.15) is 88.4 Å². The largest absolute Gasteiger partial charge is 0.481 e. The van der Waals surface area contributed by atoms with E-state index in [0.29, 0.717) is 12.8 Å². The summed E-state index contributed by atoms with van der Waals surface area (Å²) in [6.07, 6.45) is 15.3. The van der Waals surface area contributed by atoms with E-state index < -0.39 is 43.5 Å². The summed E-state index contributed by atoms with van der Waals surface area (Å²) < 4.78 is 0. The van der Waals surface area contributed by atoms with Crippen LogP contribution in [-0.2, 0) is 4.79 Å². The lowest BCUT2D eigenvalue weighted by Gasteiger charge is -2.20. The number of hydrogen-bond acceptors (Lipinski definition) is 7. The number of benzene rings is 1. The molecule has 36 heavy (non-hydrogen) atoms. The molecule has 2 atom stereocenters. The first-order chi connectivity index (χ1) is 17.2. The highest BCUT2D eigenvalue weighted by Crippen LogP contribution is 2.24. The Hall–Kier alpha value is -2.07. The van der Waals surface area contributed by atoms with E-state index in [1.807, 2.05) is 42.5 Å². The van der Waals surface area contributed by atoms with E-state index in [2.05, 4.69) is 6.92 Å². The maximum absolute atomic E-state index is 10.6. The lowest BCUT2D eigenvalue weighted by atomic mass is 9.98. The van der Waals surface area contributed by atoms with E-state index in [0.717, 1.165) is 24.0 Å². The first-order valence-corrected chi connectivity index (χ1v) is 12.9. The van der Waals surface area contributed by atoms with Crippen LogP contribution in [0.5, 0.6) is 0 Å². The molecule has 0 aliphatic rings. The Kier molecular flexibility index (Phi) is 19.8. The number of carbonyl (C=O) groups is 1. The Morgan fingerprint density at radius 1 is 0.917 bits per heavy atom. The standard InChI is InChI=1S/C24H36O4.C4H11NO3/c1-2-3-4-5-6-7-15-21(25)16-10-8-13-20-14-9-11-17-22(20)23(26)18-12-19-24(27)28;5-4(1-6,2-7)3-8/h8-11,13-14,16-17,21,23,25-26H,2-7,12,15,18-19H2,1H3,(H,27,28);6-8H,1-3,5H2/b13-8+,16-10+;. The molecule has 0 aliphatic heterocycles. The molecule has 0 saturated heterocycles. The van der Waals surface area contributed by atoms with E-state index in [-0.39, 0.29) is 6.42 Å². The molecule has 0 amide bonds. The fourth-order valence-electron chi connectivity index (χ4n) is 3.30. The lowest BCUT2D eigenvalue weighted by Crippen LogP contribution is -2.50. The average Bonchev–Trinajstić information content (AvgIpc) is 2.88. The van der Waals surface area contributed by atoms with Gasteiger partial charge in [0.05, 0.1) is 37.6 Å². The molecule has 0 fully saturated rings. The van der Waals surface area contributed by atoms with Gasteiger partial charge >= 0.3 is 5.97 Å². The highest BCUT2D eigenvalue weighted by atomic mass is 16.4. The van der Waals surface area contributed by atoms with E-state index in [1.54, 1.807) is 6.08 Å². The summed E-state index contributed by atoms with van der Waals surface area (Å²) in [5.41, 5.74) is 5.64. The van der Waals surface area contributed by atoms with Crippen molar-refractivity contribution >= 4 is 12.0 Å². The molecule has 0 heterocycles. The van der Waals surface area contributed by atoms with Crippen molar-refractivity contribution in [2.75, 3.05) is 19.8 Å². The van der Waals surface area contributed by atoms with Gasteiger partial charge in [-0.25, -0.2) is 0 Å². The van der Waals surface area contributed by atoms with Crippen LogP contribution in [0.15, 0.2) is 42.5 Å². The predicted molar refractivity (Wildman–Crippen MR) is 143 cm³/mol. The Bertz CT molecular complexity index is 739. The second-order valence-corrected chi connectivity index (χ2v) is 9.14. The van der Waals surface area contributed by atoms with E-state index >= 15 is 0 Å². The number of rotatable bonds is 18. The number of nitrogens with two attached hydrogens (primary N) is 1. The molecule has 0 aromatic heterocycles. The maximum Gasteiger partial charge on any atom is 0.303 e. The third kappa shape index (κ3) is 16.6. The van der Waals surface area contributed by atoms with Crippen molar-refractivity contribution in [3.05, 3.63) is 53.6 Å². The molecule has 0 saturated carbocycles. The zero-order valence-corrected chi connectivity index (χ0v) is 21.6. The Morgan fingerprint density at radius 3 is 2.11 bits per heavy atom. The first kappa shape index (κ1) is 33.9. The number of carboxylic acid groups (broad SMARTS) is 1. The minimum Gasteiger partial charge on any atom is -0.481 e. The van der Waals surface area contributed by atoms with Crippen LogP contribution in [0.3, 0.4) is 0 Å². The van der Waals surface area contributed by atoms with E-state index in [9.17, 15) is 15.0 Å². The molecule has 2 unspecified atom stereocenters. The molecular weight excluding hydrogens is 462 g/mol. The highest BCUT2D eigenvalue weighted by molar-refractivity contribution is 5.66. The van der Waals surface area contributed by atoms with Gasteiger partial charge in [-0.2, -0.15) is 0 Å². The molecule has 8 nitrogen and oxygen atoms in total. The molecule has 206 valence electrons. The number of unbranched alkanes of at least 4 members (excludes halogenated alkanes) is 5. The molecule has 0 bridgehead atoms. The van der Waals surface area contributed by atoms with Crippen LogP contribution >= 0.6 is 0 Å². The van der Waals surface area contributed by atoms with Gasteiger partial charge in [-0.05, 0) is 30.4 Å². The zero-order valence-electron chi connectivity index (χ0n) is 21.6. The average molecular weight is 510 g/mol. The van der Waals surface area contributed by atoms with Gasteiger partial charge in [0.2, 0.25) is 0 Å². The van der Waals surface area contributed by atoms with Gasteiger partial charge in [0, 0.05) is 6.42 Å². The van der Waals surface area contributed by atoms with Crippen molar-refractivity contribution in [2.45, 2.75) is 88.9 Å². The SMILES string of the molecule is CCCCCCCCC(O)/C=C/C=C/c1ccccc1C(O)CCCC(=O)O.NC(CO)(CO)CO. The van der Waals surface area contributed by atoms with Gasteiger partial charge in [0.15, 0.2) is 0 Å². The second-order valence-electron chi connectivity index (χ2n) is 9.14. The van der Waals surface area contributed by atoms with Crippen molar-refractivity contribution in [1.29, 1.82) is 0 Å². The molecule has 1 rings (SSSR count). The Labute approximate surface area is 215 Å². The molecule has 0 aliphatic carbocycles. The predicted octanol–water partition coefficient (Wildman–Crippen LogP) is 3.32. The molecular formula is C28H47NO7. The Balaban J connectivity index is 0.00000131. The molecule has 8 heteroatoms. The summed E-state index contributed by atoms with van der Waals surface area (Å²) in [5.74, 6) is -0.843. The number of aliphatic carboxylic acids is 1. The highest BCUT2D eigenvalue weighted by Gasteiger charge is 2.20. The molecule has 0 spiro atoms. The van der Waals surface area contributed by atoms with Crippen molar-refractivity contribution in [3.63, 3.8) is 0 Å². The summed E-state index contributed by atoms with van der Waals surface area (Å²) >= 11 is 0. The van der Waals surface area contributed by atoms with Crippen LogP contribution < -0.4 is 5.73 Å². The lowest BCUT2D eigenvalue weighted by molar-refractivity contribution is -0.137. The minimum absolute atomic E-state index is 0.0638. The van der Waals surface area contributed by atoms with Crippen molar-refractivity contribution in [1.82, 2.24) is 0 Å². The summed E-state index contributed by atoms with van der Waals surface area (Å²) in [5, 5.41) is 54.1. The second kappa shape index (κ2) is 21.1. The van der Waals surface area contributed by atoms with Gasteiger partial charge < -0.3 is 36.4 Å². The van der Waals surface area contributed by atoms with Gasteiger partial charge in [-0.15, -0.1) is 0 Å². The minimum atomic E-state index is -1.21. The van der Waals surface area contributed by atoms with E-state index in [4.69, 9.17) is 26.2 Å². The van der Waals surface area contributed by atoms with Crippen molar-refractivity contribution in [2.24, 2.45) is 5.73 Å². The first-order valence-electron chi connectivity index (χ1n) is 12.9. The quantitative estimate of drug-likeness (QED) is 0.117. The molecule has 1 aromatic rings. The summed E-state index contributed by atoms with van der Waals surface area (Å²) in [7, 11) is 0. The van der Waals surface area contributed by atoms with E-state index in [1.165, 1.54) is 32.1 Å². The third-order valence-electron chi connectivity index (χ3n) is 5.74. The monoisotopic (exact) mass is 509 g/mol. The van der Waals surface area contributed by atoms with Gasteiger partial charge in [-0.3, -0.25) is 4.79 Å². The molecule has 1 aromatic carbocycles. The Morgan fingerprint density at radius 2 is 1.53 bits per heavy atom. The van der Waals surface area contributed by atoms with Crippen molar-refractivity contribution < 1.29 is 35.4 Å². The number of aliphatic hydroxyl groups is 5. The third-order valence-corrected chi connectivity index (χ3v) is 5.74. The molecule has 8 N–H and O–H groups in total. The number of hydrogen-bond donors (Lipinski definition) is 7. The van der Waals surface area contributed by atoms with Crippen LogP contribution in [0.2, 0.25) is 0 Å². The smallest absolute Gasteiger partial charge is 0.303 e. The van der Waals surface area contributed by atoms with Crippen LogP contribution in [0.4, 0.5) is 0 Å². The zero-order chi connectivity index (χ0) is 27.2. The maximum atomic E-state index is 10.6. The van der Waals surface area contributed by atoms with Crippen LogP contribution in [0, 0.1) is 0 Å². The summed E-state index contributed by atoms with van der Waals surface area (Å²) in [6.45, 7) is 1.00.